The van der Waals surface area contributed by atoms with Gasteiger partial charge in [0, 0.05) is 8.27 Å². The van der Waals surface area contributed by atoms with Crippen LogP contribution in [0.2, 0.25) is 0 Å². The zero-order valence-electron chi connectivity index (χ0n) is 16.9. The van der Waals surface area contributed by atoms with Crippen LogP contribution in [0.5, 0.6) is 11.5 Å². The first-order valence-corrected chi connectivity index (χ1v) is 13.5. The van der Waals surface area contributed by atoms with E-state index in [4.69, 9.17) is 19.3 Å². The van der Waals surface area contributed by atoms with E-state index in [1.165, 1.54) is 12.1 Å². The molecule has 0 radical (unpaired) electrons. The highest BCUT2D eigenvalue weighted by Crippen LogP contribution is 2.48. The summed E-state index contributed by atoms with van der Waals surface area (Å²) in [6.07, 6.45) is 1.75. The van der Waals surface area contributed by atoms with Crippen LogP contribution in [-0.2, 0) is 9.53 Å². The number of carbonyl (C=O) groups excluding carboxylic acids is 1. The maximum Gasteiger partial charge on any atom is 0.344 e. The lowest BCUT2D eigenvalue weighted by Gasteiger charge is -2.10. The fraction of sp³-hybridized carbons (Fsp3) is 0.143. The molecule has 0 amide bonds. The molecule has 0 bridgehead atoms. The highest BCUT2D eigenvalue weighted by molar-refractivity contribution is 8.18. The zero-order chi connectivity index (χ0) is 23.1. The number of benzene rings is 2. The molecule has 2 aromatic carbocycles. The summed E-state index contributed by atoms with van der Waals surface area (Å²) in [6, 6.07) is 13.3. The Labute approximate surface area is 191 Å². The van der Waals surface area contributed by atoms with Gasteiger partial charge in [0.2, 0.25) is 0 Å². The molecule has 8 nitrogen and oxygen atoms in total. The van der Waals surface area contributed by atoms with Crippen molar-refractivity contribution >= 4 is 50.9 Å². The van der Waals surface area contributed by atoms with E-state index in [9.17, 15) is 15.0 Å². The quantitative estimate of drug-likeness (QED) is 0.305. The summed E-state index contributed by atoms with van der Waals surface area (Å²) in [5.74, 6) is -0.493. The molecule has 4 N–H and O–H groups in total. The lowest BCUT2D eigenvalue weighted by atomic mass is 10.1. The number of para-hydroxylation sites is 2. The first-order chi connectivity index (χ1) is 15.4. The Balaban J connectivity index is 1.98. The van der Waals surface area contributed by atoms with Gasteiger partial charge in [-0.2, -0.15) is 0 Å². The lowest BCUT2D eigenvalue weighted by Crippen LogP contribution is -2.12. The number of hydrogen-bond acceptors (Lipinski definition) is 9. The minimum absolute atomic E-state index is 0.0610. The third kappa shape index (κ3) is 6.31. The van der Waals surface area contributed by atoms with Crippen molar-refractivity contribution in [1.29, 1.82) is 0 Å². The number of hydrogen-bond donors (Lipinski definition) is 4. The van der Waals surface area contributed by atoms with Gasteiger partial charge >= 0.3 is 5.97 Å². The number of aliphatic hydroxyl groups is 1. The number of phenolic OH excluding ortho intramolecular Hbond substituents is 1. The first-order valence-electron chi connectivity index (χ1n) is 9.40. The van der Waals surface area contributed by atoms with Crippen molar-refractivity contribution in [2.24, 2.45) is 4.99 Å². The zero-order valence-corrected chi connectivity index (χ0v) is 19.6. The molecule has 0 saturated carbocycles. The number of nitrogens with zero attached hydrogens (tertiary/aromatic N) is 1. The summed E-state index contributed by atoms with van der Waals surface area (Å²) < 4.78 is 10.7. The molecule has 1 aliphatic rings. The van der Waals surface area contributed by atoms with Gasteiger partial charge in [-0.15, -0.1) is 0 Å². The Morgan fingerprint density at radius 3 is 2.69 bits per heavy atom. The third-order valence-electron chi connectivity index (χ3n) is 4.06. The van der Waals surface area contributed by atoms with Crippen molar-refractivity contribution in [2.45, 2.75) is 6.92 Å². The summed E-state index contributed by atoms with van der Waals surface area (Å²) in [7, 11) is -2.21. The van der Waals surface area contributed by atoms with Crippen LogP contribution in [0.25, 0.3) is 6.08 Å². The predicted molar refractivity (Wildman–Crippen MR) is 129 cm³/mol. The summed E-state index contributed by atoms with van der Waals surface area (Å²) in [6.45, 7) is 1.80. The summed E-state index contributed by atoms with van der Waals surface area (Å²) in [4.78, 5) is 35.6. The molecule has 0 spiro atoms. The molecule has 11 heteroatoms. The molecule has 1 unspecified atom stereocenters. The van der Waals surface area contributed by atoms with Crippen molar-refractivity contribution in [2.75, 3.05) is 13.0 Å². The van der Waals surface area contributed by atoms with Crippen LogP contribution < -0.4 is 4.74 Å². The van der Waals surface area contributed by atoms with Gasteiger partial charge < -0.3 is 29.5 Å². The van der Waals surface area contributed by atoms with Gasteiger partial charge in [-0.05, 0) is 42.8 Å². The van der Waals surface area contributed by atoms with Gasteiger partial charge in [0.05, 0.1) is 11.5 Å². The first kappa shape index (κ1) is 24.2. The number of rotatable bonds is 8. The molecule has 3 rings (SSSR count). The Kier molecular flexibility index (Phi) is 8.67. The standard InChI is InChI=1S/C21H21NO7P2S/c1-2-28-21(25)18-19(24)17(11-13-6-5-7-14(23)10-13)32-20(18)22-15-8-3-4-9-16(15)29-12-30-31(26)27/h3-11,23-24,26-27,30H,2,12H2,1H3/b17-11-,22-20?. The van der Waals surface area contributed by atoms with Crippen LogP contribution in [0.1, 0.15) is 12.5 Å². The number of thioether (sulfide) groups is 1. The van der Waals surface area contributed by atoms with E-state index >= 15 is 0 Å². The Morgan fingerprint density at radius 1 is 1.19 bits per heavy atom. The van der Waals surface area contributed by atoms with Crippen LogP contribution in [0.4, 0.5) is 5.69 Å². The number of ether oxygens (including phenoxy) is 2. The molecule has 0 saturated heterocycles. The van der Waals surface area contributed by atoms with Crippen molar-refractivity contribution in [1.82, 2.24) is 0 Å². The molecule has 32 heavy (non-hydrogen) atoms. The fourth-order valence-electron chi connectivity index (χ4n) is 2.71. The molecule has 0 aromatic heterocycles. The molecule has 1 heterocycles. The average Bonchev–Trinajstić information content (AvgIpc) is 3.04. The summed E-state index contributed by atoms with van der Waals surface area (Å²) in [5.41, 5.74) is 0.986. The van der Waals surface area contributed by atoms with E-state index in [0.717, 1.165) is 11.8 Å². The number of phenols is 1. The van der Waals surface area contributed by atoms with E-state index < -0.39 is 14.0 Å². The maximum absolute atomic E-state index is 12.6. The lowest BCUT2D eigenvalue weighted by molar-refractivity contribution is -0.138. The van der Waals surface area contributed by atoms with E-state index in [1.807, 2.05) is 0 Å². The van der Waals surface area contributed by atoms with Crippen molar-refractivity contribution in [3.8, 4) is 11.5 Å². The number of aromatic hydroxyl groups is 1. The van der Waals surface area contributed by atoms with Gasteiger partial charge in [0.15, 0.2) is 8.06 Å². The van der Waals surface area contributed by atoms with Crippen molar-refractivity contribution < 1.29 is 34.3 Å². The Hall–Kier alpha value is -2.41. The monoisotopic (exact) mass is 493 g/mol. The van der Waals surface area contributed by atoms with Gasteiger partial charge in [0.25, 0.3) is 0 Å². The van der Waals surface area contributed by atoms with E-state index in [-0.39, 0.29) is 43.3 Å². The molecule has 0 aliphatic carbocycles. The third-order valence-corrected chi connectivity index (χ3v) is 6.87. The van der Waals surface area contributed by atoms with Crippen LogP contribution in [0.15, 0.2) is 69.8 Å². The van der Waals surface area contributed by atoms with Crippen LogP contribution in [-0.4, -0.2) is 44.0 Å². The predicted octanol–water partition coefficient (Wildman–Crippen LogP) is 4.81. The fourth-order valence-corrected chi connectivity index (χ4v) is 4.61. The molecular formula is C21H21NO7P2S. The second kappa shape index (κ2) is 11.5. The van der Waals surface area contributed by atoms with Gasteiger partial charge in [-0.25, -0.2) is 9.79 Å². The summed E-state index contributed by atoms with van der Waals surface area (Å²) >= 11 is 1.09. The minimum Gasteiger partial charge on any atom is -0.508 e. The number of carbonyl (C=O) groups is 1. The van der Waals surface area contributed by atoms with Crippen LogP contribution >= 0.6 is 28.1 Å². The van der Waals surface area contributed by atoms with Gasteiger partial charge in [-0.3, -0.25) is 0 Å². The number of aliphatic hydroxyl groups excluding tert-OH is 1. The second-order valence-corrected chi connectivity index (χ2v) is 10.6. The molecular weight excluding hydrogens is 472 g/mol. The Bertz CT molecular complexity index is 1090. The van der Waals surface area contributed by atoms with Crippen LogP contribution in [0.3, 0.4) is 0 Å². The van der Waals surface area contributed by atoms with E-state index in [0.29, 0.717) is 21.9 Å². The van der Waals surface area contributed by atoms with Crippen molar-refractivity contribution in [3.63, 3.8) is 0 Å². The number of esters is 1. The normalized spacial score (nSPS) is 16.6. The van der Waals surface area contributed by atoms with Gasteiger partial charge in [-0.1, -0.05) is 36.0 Å². The maximum atomic E-state index is 12.6. The highest BCUT2D eigenvalue weighted by atomic mass is 32.2. The SMILES string of the molecule is CCOC(=O)C1=C(O)/C(=C/c2cccc(O)c2)SC1=Nc1ccccc1OCPP(O)O. The van der Waals surface area contributed by atoms with Gasteiger partial charge in [0.1, 0.15) is 39.9 Å². The molecule has 2 aromatic rings. The molecule has 1 aliphatic heterocycles. The molecule has 168 valence electrons. The number of aliphatic imine (C=N–C) groups is 1. The topological polar surface area (TPSA) is 129 Å². The van der Waals surface area contributed by atoms with Crippen molar-refractivity contribution in [3.05, 3.63) is 70.3 Å². The van der Waals surface area contributed by atoms with E-state index in [2.05, 4.69) is 4.99 Å². The largest absolute Gasteiger partial charge is 0.508 e. The Morgan fingerprint density at radius 2 is 1.97 bits per heavy atom. The van der Waals surface area contributed by atoms with E-state index in [1.54, 1.807) is 49.4 Å². The average molecular weight is 493 g/mol. The van der Waals surface area contributed by atoms with Crippen LogP contribution in [0, 0.1) is 0 Å². The molecule has 1 atom stereocenters. The highest BCUT2D eigenvalue weighted by Gasteiger charge is 2.33. The minimum atomic E-state index is -2.04. The second-order valence-electron chi connectivity index (χ2n) is 6.27. The molecule has 0 fully saturated rings. The summed E-state index contributed by atoms with van der Waals surface area (Å²) in [5, 5.41) is 20.7. The smallest absolute Gasteiger partial charge is 0.344 e.